The summed E-state index contributed by atoms with van der Waals surface area (Å²) in [5.41, 5.74) is 1.31. The van der Waals surface area contributed by atoms with Crippen molar-refractivity contribution in [3.63, 3.8) is 0 Å². The summed E-state index contributed by atoms with van der Waals surface area (Å²) in [4.78, 5) is 0. The van der Waals surface area contributed by atoms with Crippen LogP contribution < -0.4 is 5.19 Å². The zero-order valence-corrected chi connectivity index (χ0v) is 14.9. The molecular formula is C14H26O3Si2. The lowest BCUT2D eigenvalue weighted by molar-refractivity contribution is 0.123. The summed E-state index contributed by atoms with van der Waals surface area (Å²) in [5.74, 6) is 0. The minimum Gasteiger partial charge on any atom is -0.377 e. The number of benzene rings is 1. The Bertz CT molecular complexity index is 372. The fourth-order valence-corrected chi connectivity index (χ4v) is 4.90. The Kier molecular flexibility index (Phi) is 5.94. The maximum atomic E-state index is 5.44. The molecule has 1 aromatic rings. The monoisotopic (exact) mass is 298 g/mol. The minimum atomic E-state index is -2.44. The van der Waals surface area contributed by atoms with E-state index in [9.17, 15) is 0 Å². The summed E-state index contributed by atoms with van der Waals surface area (Å²) >= 11 is 0. The molecule has 0 aromatic heterocycles. The number of hydrogen-bond donors (Lipinski definition) is 0. The molecule has 3 nitrogen and oxygen atoms in total. The van der Waals surface area contributed by atoms with Crippen LogP contribution in [0.5, 0.6) is 0 Å². The van der Waals surface area contributed by atoms with E-state index in [1.54, 1.807) is 21.3 Å². The predicted molar refractivity (Wildman–Crippen MR) is 84.7 cm³/mol. The lowest BCUT2D eigenvalue weighted by Gasteiger charge is -2.24. The Morgan fingerprint density at radius 3 is 1.68 bits per heavy atom. The highest BCUT2D eigenvalue weighted by Crippen LogP contribution is 2.16. The van der Waals surface area contributed by atoms with Crippen molar-refractivity contribution < 1.29 is 13.3 Å². The number of hydrogen-bond acceptors (Lipinski definition) is 3. The first kappa shape index (κ1) is 16.6. The van der Waals surface area contributed by atoms with Gasteiger partial charge in [0.1, 0.15) is 0 Å². The van der Waals surface area contributed by atoms with Crippen molar-refractivity contribution in [3.05, 3.63) is 29.8 Å². The summed E-state index contributed by atoms with van der Waals surface area (Å²) in [6.07, 6.45) is 0.924. The third-order valence-corrected chi connectivity index (χ3v) is 8.27. The smallest absolute Gasteiger partial charge is 0.377 e. The van der Waals surface area contributed by atoms with Gasteiger partial charge in [0.05, 0.1) is 8.07 Å². The maximum Gasteiger partial charge on any atom is 0.500 e. The van der Waals surface area contributed by atoms with Crippen LogP contribution in [0, 0.1) is 0 Å². The van der Waals surface area contributed by atoms with Gasteiger partial charge in [-0.25, -0.2) is 0 Å². The molecule has 0 aliphatic carbocycles. The van der Waals surface area contributed by atoms with Crippen molar-refractivity contribution in [2.75, 3.05) is 21.3 Å². The van der Waals surface area contributed by atoms with Crippen LogP contribution in [0.25, 0.3) is 0 Å². The summed E-state index contributed by atoms with van der Waals surface area (Å²) in [7, 11) is 1.34. The first-order valence-electron chi connectivity index (χ1n) is 6.62. The van der Waals surface area contributed by atoms with E-state index in [1.165, 1.54) is 10.8 Å². The average Bonchev–Trinajstić information content (AvgIpc) is 2.40. The molecule has 0 amide bonds. The molecule has 1 rings (SSSR count). The van der Waals surface area contributed by atoms with Crippen molar-refractivity contribution >= 4 is 22.1 Å². The van der Waals surface area contributed by atoms with Gasteiger partial charge in [-0.3, -0.25) is 0 Å². The first-order chi connectivity index (χ1) is 8.87. The minimum absolute atomic E-state index is 0.808. The topological polar surface area (TPSA) is 27.7 Å². The first-order valence-corrected chi connectivity index (χ1v) is 12.0. The van der Waals surface area contributed by atoms with Gasteiger partial charge in [-0.15, -0.1) is 0 Å². The van der Waals surface area contributed by atoms with Gasteiger partial charge in [0.25, 0.3) is 0 Å². The second kappa shape index (κ2) is 6.81. The number of aryl methyl sites for hydroxylation is 1. The van der Waals surface area contributed by atoms with E-state index in [0.717, 1.165) is 12.5 Å². The molecule has 108 valence electrons. The summed E-state index contributed by atoms with van der Waals surface area (Å²) < 4.78 is 16.3. The second-order valence-electron chi connectivity index (χ2n) is 5.74. The number of rotatable bonds is 7. The third-order valence-electron chi connectivity index (χ3n) is 3.47. The fourth-order valence-electron chi connectivity index (χ4n) is 2.03. The summed E-state index contributed by atoms with van der Waals surface area (Å²) in [6.45, 7) is 7.09. The summed E-state index contributed by atoms with van der Waals surface area (Å²) in [6, 6.07) is 9.76. The van der Waals surface area contributed by atoms with Crippen LogP contribution in [0.4, 0.5) is 0 Å². The molecule has 0 spiro atoms. The van der Waals surface area contributed by atoms with Gasteiger partial charge < -0.3 is 13.3 Å². The molecule has 0 unspecified atom stereocenters. The van der Waals surface area contributed by atoms with Gasteiger partial charge >= 0.3 is 8.80 Å². The molecule has 5 heteroatoms. The quantitative estimate of drug-likeness (QED) is 0.724. The van der Waals surface area contributed by atoms with Crippen molar-refractivity contribution in [1.29, 1.82) is 0 Å². The highest BCUT2D eigenvalue weighted by Gasteiger charge is 2.37. The zero-order valence-electron chi connectivity index (χ0n) is 12.9. The van der Waals surface area contributed by atoms with E-state index >= 15 is 0 Å². The van der Waals surface area contributed by atoms with Gasteiger partial charge in [0.15, 0.2) is 0 Å². The van der Waals surface area contributed by atoms with Crippen LogP contribution >= 0.6 is 0 Å². The molecule has 19 heavy (non-hydrogen) atoms. The lowest BCUT2D eigenvalue weighted by atomic mass is 10.2. The Morgan fingerprint density at radius 2 is 1.32 bits per heavy atom. The molecule has 0 saturated carbocycles. The van der Waals surface area contributed by atoms with Gasteiger partial charge in [-0.1, -0.05) is 49.1 Å². The maximum absolute atomic E-state index is 5.44. The van der Waals surface area contributed by atoms with Crippen molar-refractivity contribution in [2.24, 2.45) is 0 Å². The molecule has 0 atom stereocenters. The molecule has 0 radical (unpaired) electrons. The highest BCUT2D eigenvalue weighted by molar-refractivity contribution is 6.88. The molecular weight excluding hydrogens is 272 g/mol. The molecule has 0 aliphatic rings. The van der Waals surface area contributed by atoms with E-state index in [1.807, 2.05) is 0 Å². The largest absolute Gasteiger partial charge is 0.500 e. The Morgan fingerprint density at radius 1 is 0.842 bits per heavy atom. The molecule has 0 heterocycles. The van der Waals surface area contributed by atoms with E-state index in [2.05, 4.69) is 43.9 Å². The lowest BCUT2D eigenvalue weighted by Crippen LogP contribution is -2.43. The molecule has 0 saturated heterocycles. The van der Waals surface area contributed by atoms with Crippen molar-refractivity contribution in [1.82, 2.24) is 0 Å². The van der Waals surface area contributed by atoms with Crippen LogP contribution in [0.2, 0.25) is 25.7 Å². The third kappa shape index (κ3) is 4.54. The zero-order chi connectivity index (χ0) is 14.5. The van der Waals surface area contributed by atoms with Crippen molar-refractivity contribution in [3.8, 4) is 0 Å². The van der Waals surface area contributed by atoms with Gasteiger partial charge in [0.2, 0.25) is 0 Å². The van der Waals surface area contributed by atoms with Crippen LogP contribution in [0.15, 0.2) is 24.3 Å². The SMILES string of the molecule is CO[Si](CCc1ccc([Si](C)(C)C)cc1)(OC)OC. The van der Waals surface area contributed by atoms with Crippen LogP contribution in [-0.4, -0.2) is 38.2 Å². The summed E-state index contributed by atoms with van der Waals surface area (Å²) in [5, 5.41) is 1.49. The van der Waals surface area contributed by atoms with Gasteiger partial charge in [-0.2, -0.15) is 0 Å². The standard InChI is InChI=1S/C14H26O3Si2/c1-15-19(16-2,17-3)12-11-13-7-9-14(10-8-13)18(4,5)6/h7-10H,11-12H2,1-6H3. The van der Waals surface area contributed by atoms with E-state index in [-0.39, 0.29) is 0 Å². The van der Waals surface area contributed by atoms with Gasteiger partial charge in [-0.05, 0) is 12.0 Å². The molecule has 0 fully saturated rings. The normalized spacial score (nSPS) is 12.7. The van der Waals surface area contributed by atoms with E-state index in [4.69, 9.17) is 13.3 Å². The van der Waals surface area contributed by atoms with Crippen molar-refractivity contribution in [2.45, 2.75) is 32.1 Å². The average molecular weight is 299 g/mol. The fraction of sp³-hybridized carbons (Fsp3) is 0.571. The van der Waals surface area contributed by atoms with Crippen LogP contribution in [0.3, 0.4) is 0 Å². The molecule has 0 bridgehead atoms. The van der Waals surface area contributed by atoms with Gasteiger partial charge in [0, 0.05) is 27.4 Å². The molecule has 0 N–H and O–H groups in total. The Hall–Kier alpha value is -0.466. The molecule has 1 aromatic carbocycles. The second-order valence-corrected chi connectivity index (χ2v) is 13.9. The Labute approximate surface area is 119 Å². The van der Waals surface area contributed by atoms with Crippen LogP contribution in [-0.2, 0) is 19.7 Å². The predicted octanol–water partition coefficient (Wildman–Crippen LogP) is 2.65. The van der Waals surface area contributed by atoms with E-state index < -0.39 is 16.9 Å². The molecule has 0 aliphatic heterocycles. The Balaban J connectivity index is 2.69. The highest BCUT2D eigenvalue weighted by atomic mass is 28.4. The van der Waals surface area contributed by atoms with E-state index in [0.29, 0.717) is 0 Å². The van der Waals surface area contributed by atoms with Crippen LogP contribution in [0.1, 0.15) is 5.56 Å².